The van der Waals surface area contributed by atoms with Gasteiger partial charge in [-0.05, 0) is 36.8 Å². The first-order chi connectivity index (χ1) is 12.5. The molecule has 2 atom stereocenters. The maximum Gasteiger partial charge on any atom is 0.265 e. The van der Waals surface area contributed by atoms with Gasteiger partial charge in [0.1, 0.15) is 0 Å². The number of carbonyl (C=O) groups excluding carboxylic acids is 2. The molecule has 2 aromatic carbocycles. The van der Waals surface area contributed by atoms with Gasteiger partial charge < -0.3 is 4.74 Å². The smallest absolute Gasteiger partial charge is 0.265 e. The van der Waals surface area contributed by atoms with Gasteiger partial charge in [-0.2, -0.15) is 0 Å². The lowest BCUT2D eigenvalue weighted by molar-refractivity contribution is -0.118. The van der Waals surface area contributed by atoms with Crippen LogP contribution in [0, 0.1) is 0 Å². The highest BCUT2D eigenvalue weighted by molar-refractivity contribution is 6.32. The normalized spacial score (nSPS) is 18.3. The Morgan fingerprint density at radius 3 is 2.73 bits per heavy atom. The van der Waals surface area contributed by atoms with Gasteiger partial charge in [0.15, 0.2) is 0 Å². The molecule has 2 amide bonds. The number of fused-ring (bicyclic) bond motifs is 1. The summed E-state index contributed by atoms with van der Waals surface area (Å²) in [6, 6.07) is 13.7. The Morgan fingerprint density at radius 2 is 2.00 bits per heavy atom. The summed E-state index contributed by atoms with van der Waals surface area (Å²) in [5.41, 5.74) is 1.60. The summed E-state index contributed by atoms with van der Waals surface area (Å²) in [5.74, 6) is -1.34. The zero-order valence-electron chi connectivity index (χ0n) is 14.6. The number of anilines is 1. The van der Waals surface area contributed by atoms with Gasteiger partial charge in [0.25, 0.3) is 5.91 Å². The molecule has 0 fully saturated rings. The minimum absolute atomic E-state index is 0.0859. The van der Waals surface area contributed by atoms with Gasteiger partial charge in [-0.1, -0.05) is 35.9 Å². The molecule has 1 aliphatic rings. The van der Waals surface area contributed by atoms with Crippen LogP contribution in [0.4, 0.5) is 5.69 Å². The van der Waals surface area contributed by atoms with E-state index in [0.717, 1.165) is 0 Å². The molecule has 6 heteroatoms. The maximum atomic E-state index is 13.1. The molecule has 2 aromatic rings. The van der Waals surface area contributed by atoms with Crippen LogP contribution in [0.1, 0.15) is 28.8 Å². The van der Waals surface area contributed by atoms with Crippen molar-refractivity contribution < 1.29 is 14.3 Å². The molecular weight excluding hydrogens is 352 g/mol. The van der Waals surface area contributed by atoms with E-state index in [9.17, 15) is 9.59 Å². The molecule has 0 radical (unpaired) electrons. The topological polar surface area (TPSA) is 59.0 Å². The first-order valence-electron chi connectivity index (χ1n) is 8.28. The Labute approximate surface area is 157 Å². The summed E-state index contributed by atoms with van der Waals surface area (Å²) >= 11 is 6.04. The van der Waals surface area contributed by atoms with Crippen LogP contribution in [-0.2, 0) is 9.53 Å². The van der Waals surface area contributed by atoms with Crippen molar-refractivity contribution in [2.75, 3.05) is 18.6 Å². The van der Waals surface area contributed by atoms with Crippen molar-refractivity contribution in [3.05, 3.63) is 64.7 Å². The second-order valence-electron chi connectivity index (χ2n) is 6.13. The quantitative estimate of drug-likeness (QED) is 0.595. The Hall–Kier alpha value is -2.50. The van der Waals surface area contributed by atoms with Crippen molar-refractivity contribution >= 4 is 35.3 Å². The molecule has 5 nitrogen and oxygen atoms in total. The summed E-state index contributed by atoms with van der Waals surface area (Å²) in [7, 11) is 1.60. The molecule has 134 valence electrons. The van der Waals surface area contributed by atoms with Gasteiger partial charge in [-0.25, -0.2) is 4.90 Å². The Bertz CT molecular complexity index is 866. The highest BCUT2D eigenvalue weighted by Gasteiger charge is 2.38. The molecule has 0 bridgehead atoms. The largest absolute Gasteiger partial charge is 0.382 e. The van der Waals surface area contributed by atoms with Crippen LogP contribution >= 0.6 is 11.6 Å². The number of rotatable bonds is 5. The van der Waals surface area contributed by atoms with Crippen molar-refractivity contribution in [3.8, 4) is 0 Å². The number of hydrogen-bond acceptors (Lipinski definition) is 4. The lowest BCUT2D eigenvalue weighted by Gasteiger charge is -2.31. The van der Waals surface area contributed by atoms with Gasteiger partial charge in [0.2, 0.25) is 5.91 Å². The maximum absolute atomic E-state index is 13.1. The number of carbonyl (C=O) groups is 2. The van der Waals surface area contributed by atoms with Crippen molar-refractivity contribution in [1.29, 1.82) is 0 Å². The van der Waals surface area contributed by atoms with E-state index in [1.165, 1.54) is 4.90 Å². The number of imide groups is 1. The van der Waals surface area contributed by atoms with E-state index in [0.29, 0.717) is 28.4 Å². The second-order valence-corrected chi connectivity index (χ2v) is 6.56. The van der Waals surface area contributed by atoms with Crippen LogP contribution in [-0.4, -0.2) is 37.8 Å². The van der Waals surface area contributed by atoms with E-state index >= 15 is 0 Å². The van der Waals surface area contributed by atoms with E-state index in [1.807, 2.05) is 13.0 Å². The lowest BCUT2D eigenvalue weighted by Crippen LogP contribution is -2.45. The summed E-state index contributed by atoms with van der Waals surface area (Å²) in [5, 5.41) is 0.459. The first-order valence-corrected chi connectivity index (χ1v) is 8.65. The first kappa shape index (κ1) is 18.3. The monoisotopic (exact) mass is 370 g/mol. The zero-order chi connectivity index (χ0) is 18.7. The molecule has 1 aliphatic heterocycles. The zero-order valence-corrected chi connectivity index (χ0v) is 15.3. The van der Waals surface area contributed by atoms with E-state index in [-0.39, 0.29) is 17.9 Å². The number of aliphatic imine (C=N–C) groups is 1. The fourth-order valence-corrected chi connectivity index (χ4v) is 3.16. The molecule has 0 N–H and O–H groups in total. The highest BCUT2D eigenvalue weighted by Crippen LogP contribution is 2.32. The van der Waals surface area contributed by atoms with Gasteiger partial charge >= 0.3 is 0 Å². The average Bonchev–Trinajstić information content (AvgIpc) is 2.62. The van der Waals surface area contributed by atoms with Crippen LogP contribution in [0.15, 0.2) is 53.5 Å². The lowest BCUT2D eigenvalue weighted by atomic mass is 9.89. The van der Waals surface area contributed by atoms with Crippen LogP contribution in [0.5, 0.6) is 0 Å². The molecule has 26 heavy (non-hydrogen) atoms. The molecule has 0 spiro atoms. The molecular formula is C20H19ClN2O3. The summed E-state index contributed by atoms with van der Waals surface area (Å²) in [6.07, 6.45) is 1.61. The summed E-state index contributed by atoms with van der Waals surface area (Å²) in [6.45, 7) is 2.36. The van der Waals surface area contributed by atoms with Gasteiger partial charge in [-0.3, -0.25) is 14.6 Å². The van der Waals surface area contributed by atoms with Crippen molar-refractivity contribution in [2.45, 2.75) is 18.9 Å². The van der Waals surface area contributed by atoms with Crippen LogP contribution in [0.3, 0.4) is 0 Å². The number of benzene rings is 2. The predicted molar refractivity (Wildman–Crippen MR) is 102 cm³/mol. The number of hydrogen-bond donors (Lipinski definition) is 0. The van der Waals surface area contributed by atoms with Crippen molar-refractivity contribution in [2.24, 2.45) is 4.99 Å². The number of halogens is 1. The third-order valence-corrected chi connectivity index (χ3v) is 4.41. The van der Waals surface area contributed by atoms with Crippen LogP contribution in [0.25, 0.3) is 0 Å². The standard InChI is InChI=1S/C20H19ClN2O3/c1-13(12-26-2)22-11-18-16-8-3-4-9-17(16)19(24)23(20(18)25)15-7-5-6-14(21)10-15/h3-11,13,18H,12H2,1-2H3/t13-,18?/m1/s1. The van der Waals surface area contributed by atoms with Gasteiger partial charge in [0, 0.05) is 23.9 Å². The molecule has 0 aliphatic carbocycles. The average molecular weight is 371 g/mol. The third kappa shape index (κ3) is 3.54. The van der Waals surface area contributed by atoms with E-state index in [4.69, 9.17) is 16.3 Å². The molecule has 0 saturated heterocycles. The second kappa shape index (κ2) is 7.81. The number of methoxy groups -OCH3 is 1. The van der Waals surface area contributed by atoms with Crippen LogP contribution in [0.2, 0.25) is 5.02 Å². The fourth-order valence-electron chi connectivity index (χ4n) is 2.98. The van der Waals surface area contributed by atoms with Crippen LogP contribution < -0.4 is 4.90 Å². The number of ether oxygens (including phenoxy) is 1. The molecule has 0 aromatic heterocycles. The fraction of sp³-hybridized carbons (Fsp3) is 0.250. The summed E-state index contributed by atoms with van der Waals surface area (Å²) in [4.78, 5) is 31.6. The molecule has 3 rings (SSSR count). The SMILES string of the molecule is COC[C@@H](C)N=CC1C(=O)N(c2cccc(Cl)c2)C(=O)c2ccccc21. The molecule has 1 unspecified atom stereocenters. The minimum atomic E-state index is -0.637. The Kier molecular flexibility index (Phi) is 5.49. The van der Waals surface area contributed by atoms with E-state index in [2.05, 4.69) is 4.99 Å². The number of nitrogens with zero attached hydrogens (tertiary/aromatic N) is 2. The summed E-state index contributed by atoms with van der Waals surface area (Å²) < 4.78 is 5.08. The Morgan fingerprint density at radius 1 is 1.23 bits per heavy atom. The van der Waals surface area contributed by atoms with Gasteiger partial charge in [0.05, 0.1) is 24.3 Å². The van der Waals surface area contributed by atoms with Crippen molar-refractivity contribution in [1.82, 2.24) is 0 Å². The highest BCUT2D eigenvalue weighted by atomic mass is 35.5. The minimum Gasteiger partial charge on any atom is -0.382 e. The van der Waals surface area contributed by atoms with Gasteiger partial charge in [-0.15, -0.1) is 0 Å². The molecule has 0 saturated carbocycles. The van der Waals surface area contributed by atoms with E-state index < -0.39 is 5.92 Å². The predicted octanol–water partition coefficient (Wildman–Crippen LogP) is 3.72. The number of amides is 2. The molecule has 1 heterocycles. The Balaban J connectivity index is 2.05. The third-order valence-electron chi connectivity index (χ3n) is 4.18. The van der Waals surface area contributed by atoms with Crippen molar-refractivity contribution in [3.63, 3.8) is 0 Å². The van der Waals surface area contributed by atoms with E-state index in [1.54, 1.807) is 55.8 Å².